The number of aromatic nitrogens is 4. The summed E-state index contributed by atoms with van der Waals surface area (Å²) in [6.07, 6.45) is 6.41. The number of aromatic carboxylic acids is 2. The molecule has 0 saturated heterocycles. The molecule has 3 rings (SSSR count). The van der Waals surface area contributed by atoms with Gasteiger partial charge in [-0.2, -0.15) is 0 Å². The fourth-order valence-electron chi connectivity index (χ4n) is 2.57. The molecule has 2 aromatic heterocycles. The van der Waals surface area contributed by atoms with Crippen LogP contribution in [0.2, 0.25) is 0 Å². The molecular weight excluding hydrogens is 384 g/mol. The molecule has 0 aliphatic heterocycles. The quantitative estimate of drug-likeness (QED) is 0.576. The fraction of sp³-hybridized carbons (Fsp3) is 0.364. The van der Waals surface area contributed by atoms with Gasteiger partial charge in [-0.25, -0.2) is 19.1 Å². The Morgan fingerprint density at radius 1 is 0.800 bits per heavy atom. The van der Waals surface area contributed by atoms with Gasteiger partial charge in [0.1, 0.15) is 23.8 Å². The Hall–Kier alpha value is -3.42. The zero-order valence-electron chi connectivity index (χ0n) is 18.4. The van der Waals surface area contributed by atoms with E-state index in [9.17, 15) is 19.8 Å². The summed E-state index contributed by atoms with van der Waals surface area (Å²) in [4.78, 5) is 27.2. The summed E-state index contributed by atoms with van der Waals surface area (Å²) < 4.78 is 4.19. The SMILES string of the molecule is CCc1c[n+](C)c(C)[nH]1.CCc1c[n+](C)c(C)[nH]1.O=C([O-])c1ccccc1C(=O)[O-]. The van der Waals surface area contributed by atoms with Gasteiger partial charge in [-0.1, -0.05) is 38.1 Å². The van der Waals surface area contributed by atoms with Gasteiger partial charge in [0.25, 0.3) is 11.6 Å². The molecule has 3 aromatic rings. The van der Waals surface area contributed by atoms with Crippen molar-refractivity contribution >= 4 is 11.9 Å². The van der Waals surface area contributed by atoms with Crippen LogP contribution in [0.15, 0.2) is 36.7 Å². The maximum absolute atomic E-state index is 10.3. The Balaban J connectivity index is 0.000000229. The minimum Gasteiger partial charge on any atom is -0.545 e. The summed E-state index contributed by atoms with van der Waals surface area (Å²) in [5.41, 5.74) is 1.88. The van der Waals surface area contributed by atoms with Crippen molar-refractivity contribution in [2.75, 3.05) is 0 Å². The zero-order valence-corrected chi connectivity index (χ0v) is 18.4. The van der Waals surface area contributed by atoms with E-state index in [0.717, 1.165) is 25.0 Å². The van der Waals surface area contributed by atoms with Gasteiger partial charge in [-0.3, -0.25) is 0 Å². The summed E-state index contributed by atoms with van der Waals surface area (Å²) in [7, 11) is 4.09. The highest BCUT2D eigenvalue weighted by Gasteiger charge is 2.04. The number of aryl methyl sites for hydroxylation is 6. The normalized spacial score (nSPS) is 9.80. The third kappa shape index (κ3) is 7.20. The van der Waals surface area contributed by atoms with Crippen LogP contribution in [-0.4, -0.2) is 21.9 Å². The predicted molar refractivity (Wildman–Crippen MR) is 107 cm³/mol. The highest BCUT2D eigenvalue weighted by molar-refractivity contribution is 5.99. The van der Waals surface area contributed by atoms with Crippen molar-refractivity contribution < 1.29 is 28.9 Å². The third-order valence-electron chi connectivity index (χ3n) is 4.57. The summed E-state index contributed by atoms with van der Waals surface area (Å²) in [6, 6.07) is 5.14. The van der Waals surface area contributed by atoms with Gasteiger partial charge in [0.15, 0.2) is 0 Å². The number of hydrogen-bond acceptors (Lipinski definition) is 4. The first kappa shape index (κ1) is 24.6. The van der Waals surface area contributed by atoms with Gasteiger partial charge < -0.3 is 19.8 Å². The van der Waals surface area contributed by atoms with Crippen LogP contribution in [0.3, 0.4) is 0 Å². The van der Waals surface area contributed by atoms with Crippen molar-refractivity contribution in [1.82, 2.24) is 9.97 Å². The smallest absolute Gasteiger partial charge is 0.251 e. The molecule has 0 spiro atoms. The molecule has 8 nitrogen and oxygen atoms in total. The molecule has 0 aliphatic rings. The van der Waals surface area contributed by atoms with E-state index in [1.165, 1.54) is 35.2 Å². The average molecular weight is 415 g/mol. The van der Waals surface area contributed by atoms with Crippen LogP contribution in [0.25, 0.3) is 0 Å². The fourth-order valence-corrected chi connectivity index (χ4v) is 2.57. The van der Waals surface area contributed by atoms with Gasteiger partial charge in [0.05, 0.1) is 26.0 Å². The first-order valence-corrected chi connectivity index (χ1v) is 9.70. The number of carboxylic acids is 2. The Kier molecular flexibility index (Phi) is 9.48. The van der Waals surface area contributed by atoms with E-state index in [0.29, 0.717) is 0 Å². The number of nitrogens with zero attached hydrogens (tertiary/aromatic N) is 2. The Labute approximate surface area is 176 Å². The molecule has 1 aromatic carbocycles. The highest BCUT2D eigenvalue weighted by Crippen LogP contribution is 2.05. The monoisotopic (exact) mass is 414 g/mol. The first-order valence-electron chi connectivity index (χ1n) is 9.70. The summed E-state index contributed by atoms with van der Waals surface area (Å²) >= 11 is 0. The Morgan fingerprint density at radius 3 is 1.30 bits per heavy atom. The van der Waals surface area contributed by atoms with Gasteiger partial charge >= 0.3 is 0 Å². The number of carbonyl (C=O) groups excluding carboxylic acids is 2. The molecule has 0 bridgehead atoms. The second kappa shape index (κ2) is 11.5. The third-order valence-corrected chi connectivity index (χ3v) is 4.57. The molecule has 2 heterocycles. The molecule has 162 valence electrons. The lowest BCUT2D eigenvalue weighted by molar-refractivity contribution is -0.676. The Morgan fingerprint density at radius 2 is 1.13 bits per heavy atom. The minimum atomic E-state index is -1.52. The second-order valence-corrected chi connectivity index (χ2v) is 6.78. The Bertz CT molecular complexity index is 871. The van der Waals surface area contributed by atoms with Crippen molar-refractivity contribution in [3.8, 4) is 0 Å². The zero-order chi connectivity index (χ0) is 22.8. The van der Waals surface area contributed by atoms with E-state index in [1.54, 1.807) is 0 Å². The molecule has 0 aliphatic carbocycles. The van der Waals surface area contributed by atoms with Gasteiger partial charge in [0.2, 0.25) is 0 Å². The second-order valence-electron chi connectivity index (χ2n) is 6.78. The summed E-state index contributed by atoms with van der Waals surface area (Å²) in [5, 5.41) is 20.6. The molecule has 2 N–H and O–H groups in total. The van der Waals surface area contributed by atoms with Crippen LogP contribution in [0.1, 0.15) is 57.6 Å². The van der Waals surface area contributed by atoms with Crippen molar-refractivity contribution in [3.63, 3.8) is 0 Å². The number of nitrogens with one attached hydrogen (secondary N) is 2. The van der Waals surface area contributed by atoms with Crippen LogP contribution >= 0.6 is 0 Å². The van der Waals surface area contributed by atoms with Crippen molar-refractivity contribution in [2.45, 2.75) is 40.5 Å². The summed E-state index contributed by atoms with van der Waals surface area (Å²) in [6.45, 7) is 8.43. The van der Waals surface area contributed by atoms with E-state index in [-0.39, 0.29) is 11.1 Å². The highest BCUT2D eigenvalue weighted by atomic mass is 16.4. The van der Waals surface area contributed by atoms with Crippen LogP contribution in [0.5, 0.6) is 0 Å². The van der Waals surface area contributed by atoms with Crippen molar-refractivity contribution in [2.24, 2.45) is 14.1 Å². The lowest BCUT2D eigenvalue weighted by Crippen LogP contribution is -2.29. The topological polar surface area (TPSA) is 120 Å². The lowest BCUT2D eigenvalue weighted by atomic mass is 10.1. The molecule has 0 fully saturated rings. The molecule has 0 saturated carbocycles. The number of H-pyrrole nitrogens is 2. The van der Waals surface area contributed by atoms with E-state index in [4.69, 9.17) is 0 Å². The first-order chi connectivity index (χ1) is 14.1. The van der Waals surface area contributed by atoms with Gasteiger partial charge in [0, 0.05) is 37.8 Å². The lowest BCUT2D eigenvalue weighted by Gasteiger charge is -2.09. The molecule has 30 heavy (non-hydrogen) atoms. The molecule has 0 amide bonds. The number of hydrogen-bond donors (Lipinski definition) is 2. The van der Waals surface area contributed by atoms with E-state index >= 15 is 0 Å². The number of carboxylic acid groups (broad SMARTS) is 2. The molecule has 8 heteroatoms. The van der Waals surface area contributed by atoms with E-state index in [1.807, 2.05) is 14.1 Å². The molecular formula is C22H30N4O4. The van der Waals surface area contributed by atoms with Crippen molar-refractivity contribution in [3.05, 3.63) is 70.8 Å². The summed E-state index contributed by atoms with van der Waals surface area (Å²) in [5.74, 6) is -0.608. The van der Waals surface area contributed by atoms with Crippen LogP contribution in [0, 0.1) is 13.8 Å². The molecule has 0 unspecified atom stereocenters. The van der Waals surface area contributed by atoms with Crippen LogP contribution in [0.4, 0.5) is 0 Å². The number of aromatic amines is 2. The standard InChI is InChI=1S/C8H6O4.2C7H12N2/c9-7(10)5-3-1-2-4-6(5)8(11)12;2*1-4-7-5-9(3)6(2)8-7/h1-4H,(H,9,10)(H,11,12);2*5H,4H2,1-3H3. The maximum atomic E-state index is 10.3. The van der Waals surface area contributed by atoms with E-state index < -0.39 is 11.9 Å². The van der Waals surface area contributed by atoms with Crippen LogP contribution in [-0.2, 0) is 26.9 Å². The number of carbonyl (C=O) groups is 2. The minimum absolute atomic E-state index is 0.363. The predicted octanol–water partition coefficient (Wildman–Crippen LogP) is -0.166. The largest absolute Gasteiger partial charge is 0.545 e. The molecule has 0 atom stereocenters. The maximum Gasteiger partial charge on any atom is 0.251 e. The molecule has 0 radical (unpaired) electrons. The van der Waals surface area contributed by atoms with Gasteiger partial charge in [-0.15, -0.1) is 0 Å². The number of rotatable bonds is 4. The van der Waals surface area contributed by atoms with E-state index in [2.05, 4.69) is 59.2 Å². The van der Waals surface area contributed by atoms with Crippen molar-refractivity contribution in [1.29, 1.82) is 0 Å². The number of benzene rings is 1. The average Bonchev–Trinajstić information content (AvgIpc) is 3.23. The van der Waals surface area contributed by atoms with Crippen LogP contribution < -0.4 is 19.3 Å². The number of imidazole rings is 2. The van der Waals surface area contributed by atoms with Gasteiger partial charge in [-0.05, 0) is 0 Å².